The molecule has 5 fully saturated rings. The number of hydrogen-bond donors (Lipinski definition) is 0. The molecule has 6 aliphatic rings. The van der Waals surface area contributed by atoms with Gasteiger partial charge in [-0.05, 0) is 85.9 Å². The topological polar surface area (TPSA) is 0 Å². The Hall–Kier alpha value is -0.260. The van der Waals surface area contributed by atoms with Crippen LogP contribution in [-0.4, -0.2) is 0 Å². The van der Waals surface area contributed by atoms with E-state index in [1.54, 1.807) is 70.6 Å². The standard InChI is InChI=1S/C22H32/c1-18-8-3-12-20(18)13-6-15-21(20)14-4-10-19-9-2-7-17(18)22(19,21)16-5-11-19/h7H,2-6,8-16H2,1H3/t18-,19+,20+,21-,22-/m0/s1. The minimum atomic E-state index is 0.601. The fourth-order valence-corrected chi connectivity index (χ4v) is 10.7. The molecule has 3 spiro atoms. The van der Waals surface area contributed by atoms with Gasteiger partial charge in [0.2, 0.25) is 0 Å². The first-order chi connectivity index (χ1) is 10.7. The van der Waals surface area contributed by atoms with E-state index in [1.165, 1.54) is 19.3 Å². The van der Waals surface area contributed by atoms with Crippen LogP contribution in [0.25, 0.3) is 0 Å². The Morgan fingerprint density at radius 3 is 2.14 bits per heavy atom. The Labute approximate surface area is 136 Å². The van der Waals surface area contributed by atoms with E-state index in [0.717, 1.165) is 16.2 Å². The molecule has 0 nitrogen and oxygen atoms in total. The summed E-state index contributed by atoms with van der Waals surface area (Å²) in [4.78, 5) is 0. The van der Waals surface area contributed by atoms with Crippen LogP contribution in [-0.2, 0) is 0 Å². The molecule has 0 saturated heterocycles. The molecule has 6 rings (SSSR count). The van der Waals surface area contributed by atoms with Crippen molar-refractivity contribution in [1.29, 1.82) is 0 Å². The Balaban J connectivity index is 1.74. The van der Waals surface area contributed by atoms with Crippen LogP contribution < -0.4 is 0 Å². The molecule has 0 aromatic carbocycles. The van der Waals surface area contributed by atoms with Gasteiger partial charge < -0.3 is 0 Å². The number of rotatable bonds is 0. The van der Waals surface area contributed by atoms with Crippen molar-refractivity contribution in [3.05, 3.63) is 11.6 Å². The third-order valence-corrected chi connectivity index (χ3v) is 10.7. The molecule has 0 aromatic rings. The Morgan fingerprint density at radius 1 is 0.682 bits per heavy atom. The van der Waals surface area contributed by atoms with Crippen LogP contribution in [0.2, 0.25) is 0 Å². The smallest absolute Gasteiger partial charge is 0.00360 e. The lowest BCUT2D eigenvalue weighted by atomic mass is 9.41. The maximum absolute atomic E-state index is 2.82. The van der Waals surface area contributed by atoms with Crippen molar-refractivity contribution >= 4 is 0 Å². The van der Waals surface area contributed by atoms with Gasteiger partial charge >= 0.3 is 0 Å². The van der Waals surface area contributed by atoms with Crippen LogP contribution in [0.1, 0.15) is 96.8 Å². The lowest BCUT2D eigenvalue weighted by Crippen LogP contribution is -2.55. The minimum absolute atomic E-state index is 0.601. The van der Waals surface area contributed by atoms with Crippen molar-refractivity contribution in [2.24, 2.45) is 27.1 Å². The fraction of sp³-hybridized carbons (Fsp3) is 0.909. The summed E-state index contributed by atoms with van der Waals surface area (Å²) in [5.74, 6) is 0. The van der Waals surface area contributed by atoms with E-state index in [0.29, 0.717) is 10.8 Å². The highest BCUT2D eigenvalue weighted by Crippen LogP contribution is 2.92. The Morgan fingerprint density at radius 2 is 1.32 bits per heavy atom. The van der Waals surface area contributed by atoms with Crippen molar-refractivity contribution in [2.45, 2.75) is 96.8 Å². The molecule has 0 aromatic heterocycles. The molecular weight excluding hydrogens is 264 g/mol. The van der Waals surface area contributed by atoms with E-state index in [2.05, 4.69) is 18.6 Å². The second-order valence-corrected chi connectivity index (χ2v) is 10.3. The van der Waals surface area contributed by atoms with E-state index in [-0.39, 0.29) is 0 Å². The molecule has 0 N–H and O–H groups in total. The lowest BCUT2D eigenvalue weighted by molar-refractivity contribution is -0.120. The van der Waals surface area contributed by atoms with Gasteiger partial charge in [0, 0.05) is 5.41 Å². The zero-order chi connectivity index (χ0) is 14.7. The van der Waals surface area contributed by atoms with Gasteiger partial charge in [-0.1, -0.05) is 44.3 Å². The summed E-state index contributed by atoms with van der Waals surface area (Å²) in [5.41, 5.74) is 5.56. The monoisotopic (exact) mass is 296 g/mol. The predicted molar refractivity (Wildman–Crippen MR) is 90.6 cm³/mol. The highest BCUT2D eigenvalue weighted by molar-refractivity contribution is 5.48. The summed E-state index contributed by atoms with van der Waals surface area (Å²) in [6.07, 6.45) is 24.6. The summed E-state index contributed by atoms with van der Waals surface area (Å²) in [5, 5.41) is 0. The highest BCUT2D eigenvalue weighted by atomic mass is 14.9. The molecule has 22 heavy (non-hydrogen) atoms. The Kier molecular flexibility index (Phi) is 2.11. The molecule has 6 aliphatic carbocycles. The SMILES string of the molecule is C[C@@]12CCC[C@@]13CCC[C@@]31CCC[C@@]34CCC=C2[C@@]31CCC4. The fourth-order valence-electron chi connectivity index (χ4n) is 10.7. The second-order valence-electron chi connectivity index (χ2n) is 10.3. The highest BCUT2D eigenvalue weighted by Gasteiger charge is 2.84. The summed E-state index contributed by atoms with van der Waals surface area (Å²) < 4.78 is 0. The average Bonchev–Trinajstić information content (AvgIpc) is 3.19. The van der Waals surface area contributed by atoms with Gasteiger partial charge in [0.1, 0.15) is 0 Å². The van der Waals surface area contributed by atoms with Gasteiger partial charge in [-0.25, -0.2) is 0 Å². The van der Waals surface area contributed by atoms with Gasteiger partial charge in [-0.3, -0.25) is 0 Å². The predicted octanol–water partition coefficient (Wildman–Crippen LogP) is 6.41. The molecule has 0 heteroatoms. The number of allylic oxidation sites excluding steroid dienone is 2. The zero-order valence-electron chi connectivity index (χ0n) is 14.5. The average molecular weight is 296 g/mol. The van der Waals surface area contributed by atoms with Crippen molar-refractivity contribution in [2.75, 3.05) is 0 Å². The van der Waals surface area contributed by atoms with Gasteiger partial charge in [-0.15, -0.1) is 0 Å². The van der Waals surface area contributed by atoms with Crippen molar-refractivity contribution in [3.63, 3.8) is 0 Å². The van der Waals surface area contributed by atoms with Crippen LogP contribution >= 0.6 is 0 Å². The second kappa shape index (κ2) is 3.55. The van der Waals surface area contributed by atoms with Crippen LogP contribution in [0.5, 0.6) is 0 Å². The van der Waals surface area contributed by atoms with Gasteiger partial charge in [0.15, 0.2) is 0 Å². The maximum Gasteiger partial charge on any atom is 0.00360 e. The normalized spacial score (nSPS) is 61.4. The molecule has 0 amide bonds. The van der Waals surface area contributed by atoms with Gasteiger partial charge in [-0.2, -0.15) is 0 Å². The molecule has 0 heterocycles. The first-order valence-corrected chi connectivity index (χ1v) is 10.4. The zero-order valence-corrected chi connectivity index (χ0v) is 14.5. The molecule has 0 bridgehead atoms. The van der Waals surface area contributed by atoms with Crippen LogP contribution in [0, 0.1) is 27.1 Å². The van der Waals surface area contributed by atoms with Crippen molar-refractivity contribution in [1.82, 2.24) is 0 Å². The maximum atomic E-state index is 2.82. The first-order valence-electron chi connectivity index (χ1n) is 10.4. The van der Waals surface area contributed by atoms with Gasteiger partial charge in [0.05, 0.1) is 0 Å². The van der Waals surface area contributed by atoms with E-state index in [4.69, 9.17) is 0 Å². The van der Waals surface area contributed by atoms with Crippen LogP contribution in [0.4, 0.5) is 0 Å². The number of fused-ring (bicyclic) bond motifs is 1. The third kappa shape index (κ3) is 0.921. The molecule has 0 aliphatic heterocycles. The first kappa shape index (κ1) is 13.1. The van der Waals surface area contributed by atoms with E-state index >= 15 is 0 Å². The molecule has 0 radical (unpaired) electrons. The summed E-state index contributed by atoms with van der Waals surface area (Å²) in [6.45, 7) is 2.75. The van der Waals surface area contributed by atoms with Gasteiger partial charge in [0.25, 0.3) is 0 Å². The largest absolute Gasteiger partial charge is 0.0841 e. The van der Waals surface area contributed by atoms with E-state index in [9.17, 15) is 0 Å². The lowest BCUT2D eigenvalue weighted by Gasteiger charge is -2.62. The van der Waals surface area contributed by atoms with Crippen molar-refractivity contribution in [3.8, 4) is 0 Å². The minimum Gasteiger partial charge on any atom is -0.0841 e. The third-order valence-electron chi connectivity index (χ3n) is 10.7. The molecule has 5 atom stereocenters. The molecule has 0 unspecified atom stereocenters. The van der Waals surface area contributed by atoms with Crippen molar-refractivity contribution < 1.29 is 0 Å². The molecule has 5 saturated carbocycles. The summed E-state index contributed by atoms with van der Waals surface area (Å²) >= 11 is 0. The quantitative estimate of drug-likeness (QED) is 0.453. The summed E-state index contributed by atoms with van der Waals surface area (Å²) in [6, 6.07) is 0. The molecule has 120 valence electrons. The van der Waals surface area contributed by atoms with E-state index < -0.39 is 0 Å². The summed E-state index contributed by atoms with van der Waals surface area (Å²) in [7, 11) is 0. The number of hydrogen-bond acceptors (Lipinski definition) is 0. The Bertz CT molecular complexity index is 583. The van der Waals surface area contributed by atoms with E-state index in [1.807, 2.05) is 0 Å². The molecular formula is C22H32. The van der Waals surface area contributed by atoms with Crippen LogP contribution in [0.3, 0.4) is 0 Å². The van der Waals surface area contributed by atoms with Crippen LogP contribution in [0.15, 0.2) is 11.6 Å².